The van der Waals surface area contributed by atoms with Crippen LogP contribution in [0.25, 0.3) is 5.78 Å². The minimum absolute atomic E-state index is 0.340. The Hall–Kier alpha value is -2.45. The van der Waals surface area contributed by atoms with Crippen LogP contribution in [-0.4, -0.2) is 40.2 Å². The molecule has 1 aromatic carbocycles. The van der Waals surface area contributed by atoms with Crippen molar-refractivity contribution >= 4 is 21.5 Å². The molecule has 0 radical (unpaired) electrons. The van der Waals surface area contributed by atoms with Crippen molar-refractivity contribution in [2.75, 3.05) is 18.4 Å². The zero-order chi connectivity index (χ0) is 20.4. The van der Waals surface area contributed by atoms with Gasteiger partial charge in [-0.05, 0) is 51.0 Å². The number of nitrogens with one attached hydrogen (secondary N) is 1. The number of nitrogens with zero attached hydrogens (tertiary/aromatic N) is 4. The molecule has 4 rings (SSSR count). The molecule has 0 unspecified atom stereocenters. The molecular weight excluding hydrogens is 386 g/mol. The number of sulfonamides is 1. The average Bonchev–Trinajstić information content (AvgIpc) is 2.91. The number of hydrogen-bond acceptors (Lipinski definition) is 5. The fourth-order valence-corrected chi connectivity index (χ4v) is 5.36. The fraction of sp³-hybridized carbons (Fsp3) is 0.429. The van der Waals surface area contributed by atoms with Gasteiger partial charge in [0.15, 0.2) is 0 Å². The van der Waals surface area contributed by atoms with Crippen LogP contribution in [0.15, 0.2) is 41.4 Å². The molecule has 0 saturated carbocycles. The highest BCUT2D eigenvalue weighted by molar-refractivity contribution is 7.89. The maximum absolute atomic E-state index is 13.0. The van der Waals surface area contributed by atoms with Gasteiger partial charge in [-0.2, -0.15) is 4.31 Å². The molecule has 0 spiro atoms. The Kier molecular flexibility index (Phi) is 5.56. The molecule has 1 saturated heterocycles. The number of rotatable bonds is 5. The Morgan fingerprint density at radius 2 is 1.79 bits per heavy atom. The lowest BCUT2D eigenvalue weighted by molar-refractivity contribution is 0.424. The smallest absolute Gasteiger partial charge is 0.243 e. The second-order valence-electron chi connectivity index (χ2n) is 7.64. The predicted molar refractivity (Wildman–Crippen MR) is 113 cm³/mol. The molecule has 1 fully saturated rings. The molecule has 0 aliphatic carbocycles. The molecule has 7 nitrogen and oxygen atoms in total. The molecular formula is C21H27N5O2S. The van der Waals surface area contributed by atoms with Crippen LogP contribution in [0.2, 0.25) is 0 Å². The van der Waals surface area contributed by atoms with E-state index in [-0.39, 0.29) is 0 Å². The van der Waals surface area contributed by atoms with E-state index < -0.39 is 10.0 Å². The first-order valence-electron chi connectivity index (χ1n) is 10.1. The molecule has 0 amide bonds. The fourth-order valence-electron chi connectivity index (χ4n) is 3.79. The highest BCUT2D eigenvalue weighted by Crippen LogP contribution is 2.23. The number of anilines is 1. The Labute approximate surface area is 171 Å². The van der Waals surface area contributed by atoms with Crippen molar-refractivity contribution < 1.29 is 8.42 Å². The number of imidazole rings is 1. The number of benzene rings is 1. The van der Waals surface area contributed by atoms with Gasteiger partial charge in [0.25, 0.3) is 0 Å². The first-order valence-corrected chi connectivity index (χ1v) is 11.5. The van der Waals surface area contributed by atoms with Crippen LogP contribution in [0, 0.1) is 13.8 Å². The number of fused-ring (bicyclic) bond motifs is 1. The van der Waals surface area contributed by atoms with E-state index in [1.165, 1.54) is 0 Å². The van der Waals surface area contributed by atoms with Gasteiger partial charge in [0.2, 0.25) is 15.8 Å². The average molecular weight is 414 g/mol. The third kappa shape index (κ3) is 4.28. The Morgan fingerprint density at radius 3 is 2.55 bits per heavy atom. The quantitative estimate of drug-likeness (QED) is 0.692. The first kappa shape index (κ1) is 19.8. The summed E-state index contributed by atoms with van der Waals surface area (Å²) in [6.45, 7) is 5.68. The van der Waals surface area contributed by atoms with Gasteiger partial charge in [-0.15, -0.1) is 0 Å². The van der Waals surface area contributed by atoms with Crippen LogP contribution in [0.5, 0.6) is 0 Å². The molecule has 8 heteroatoms. The normalized spacial score (nSPS) is 16.1. The Morgan fingerprint density at radius 1 is 1.03 bits per heavy atom. The second-order valence-corrected chi connectivity index (χ2v) is 9.58. The Bertz CT molecular complexity index is 1120. The summed E-state index contributed by atoms with van der Waals surface area (Å²) in [5.41, 5.74) is 3.63. The van der Waals surface area contributed by atoms with Crippen molar-refractivity contribution in [2.24, 2.45) is 0 Å². The van der Waals surface area contributed by atoms with Gasteiger partial charge in [-0.25, -0.2) is 18.4 Å². The summed E-state index contributed by atoms with van der Waals surface area (Å²) in [6, 6.07) is 9.07. The summed E-state index contributed by atoms with van der Waals surface area (Å²) in [5.74, 6) is 0.678. The first-order chi connectivity index (χ1) is 13.9. The zero-order valence-electron chi connectivity index (χ0n) is 16.9. The molecule has 0 bridgehead atoms. The van der Waals surface area contributed by atoms with Gasteiger partial charge in [-0.1, -0.05) is 18.9 Å². The van der Waals surface area contributed by atoms with E-state index in [0.717, 1.165) is 48.5 Å². The van der Waals surface area contributed by atoms with Crippen molar-refractivity contribution in [1.82, 2.24) is 18.7 Å². The van der Waals surface area contributed by atoms with E-state index in [1.807, 2.05) is 36.6 Å². The molecule has 3 aromatic rings. The molecule has 3 heterocycles. The van der Waals surface area contributed by atoms with Crippen molar-refractivity contribution in [3.63, 3.8) is 0 Å². The molecule has 2 aromatic heterocycles. The zero-order valence-corrected chi connectivity index (χ0v) is 17.7. The molecule has 154 valence electrons. The van der Waals surface area contributed by atoms with Crippen LogP contribution in [-0.2, 0) is 16.6 Å². The van der Waals surface area contributed by atoms with Crippen LogP contribution < -0.4 is 5.32 Å². The second kappa shape index (κ2) is 8.12. The third-order valence-electron chi connectivity index (χ3n) is 5.32. The van der Waals surface area contributed by atoms with Gasteiger partial charge in [0.1, 0.15) is 0 Å². The van der Waals surface area contributed by atoms with E-state index in [2.05, 4.69) is 15.3 Å². The topological polar surface area (TPSA) is 79.6 Å². The van der Waals surface area contributed by atoms with Crippen LogP contribution >= 0.6 is 0 Å². The van der Waals surface area contributed by atoms with E-state index in [0.29, 0.717) is 30.3 Å². The van der Waals surface area contributed by atoms with Crippen molar-refractivity contribution in [3.8, 4) is 0 Å². The number of aromatic nitrogens is 3. The van der Waals surface area contributed by atoms with Crippen molar-refractivity contribution in [3.05, 3.63) is 53.6 Å². The van der Waals surface area contributed by atoms with Crippen LogP contribution in [0.1, 0.15) is 42.8 Å². The standard InChI is InChI=1S/C21H27N5O2S/c1-16-12-17(2)26-15-19(24-21(26)23-16)14-22-18-8-7-9-20(13-18)29(27,28)25-10-5-3-4-6-11-25/h7-9,12-13,15,22H,3-6,10-11,14H2,1-2H3. The molecule has 0 atom stereocenters. The molecule has 1 aliphatic rings. The summed E-state index contributed by atoms with van der Waals surface area (Å²) in [6.07, 6.45) is 6.01. The largest absolute Gasteiger partial charge is 0.379 e. The molecule has 1 aliphatic heterocycles. The lowest BCUT2D eigenvalue weighted by Crippen LogP contribution is -2.31. The minimum Gasteiger partial charge on any atom is -0.379 e. The highest BCUT2D eigenvalue weighted by atomic mass is 32.2. The van der Waals surface area contributed by atoms with Crippen molar-refractivity contribution in [1.29, 1.82) is 0 Å². The van der Waals surface area contributed by atoms with Gasteiger partial charge in [0, 0.05) is 36.4 Å². The lowest BCUT2D eigenvalue weighted by atomic mass is 10.2. The summed E-state index contributed by atoms with van der Waals surface area (Å²) in [4.78, 5) is 9.36. The predicted octanol–water partition coefficient (Wildman–Crippen LogP) is 3.52. The number of aryl methyl sites for hydroxylation is 2. The molecule has 1 N–H and O–H groups in total. The van der Waals surface area contributed by atoms with E-state index in [1.54, 1.807) is 22.5 Å². The summed E-state index contributed by atoms with van der Waals surface area (Å²) >= 11 is 0. The Balaban J connectivity index is 1.51. The van der Waals surface area contributed by atoms with E-state index in [9.17, 15) is 8.42 Å². The van der Waals surface area contributed by atoms with Gasteiger partial charge in [0.05, 0.1) is 17.1 Å². The molecule has 29 heavy (non-hydrogen) atoms. The van der Waals surface area contributed by atoms with Crippen LogP contribution in [0.3, 0.4) is 0 Å². The maximum atomic E-state index is 13.0. The van der Waals surface area contributed by atoms with Gasteiger partial charge in [-0.3, -0.25) is 4.40 Å². The number of hydrogen-bond donors (Lipinski definition) is 1. The monoisotopic (exact) mass is 413 g/mol. The van der Waals surface area contributed by atoms with E-state index in [4.69, 9.17) is 0 Å². The van der Waals surface area contributed by atoms with Crippen LogP contribution in [0.4, 0.5) is 5.69 Å². The van der Waals surface area contributed by atoms with Crippen molar-refractivity contribution in [2.45, 2.75) is 51.0 Å². The van der Waals surface area contributed by atoms with E-state index >= 15 is 0 Å². The summed E-state index contributed by atoms with van der Waals surface area (Å²) in [7, 11) is -3.46. The van der Waals surface area contributed by atoms with Gasteiger partial charge >= 0.3 is 0 Å². The van der Waals surface area contributed by atoms with Gasteiger partial charge < -0.3 is 5.32 Å². The third-order valence-corrected chi connectivity index (χ3v) is 7.22. The summed E-state index contributed by atoms with van der Waals surface area (Å²) < 4.78 is 29.6. The maximum Gasteiger partial charge on any atom is 0.243 e. The lowest BCUT2D eigenvalue weighted by Gasteiger charge is -2.20. The highest BCUT2D eigenvalue weighted by Gasteiger charge is 2.25. The SMILES string of the molecule is Cc1cc(C)n2cc(CNc3cccc(S(=O)(=O)N4CCCCCC4)c3)nc2n1. The summed E-state index contributed by atoms with van der Waals surface area (Å²) in [5, 5.41) is 3.30. The minimum atomic E-state index is -3.46.